The molecule has 1 heterocycles. The first kappa shape index (κ1) is 25.0. The molecule has 0 spiro atoms. The largest absolute Gasteiger partial charge is 0.377 e. The highest BCUT2D eigenvalue weighted by molar-refractivity contribution is 5.91. The van der Waals surface area contributed by atoms with Gasteiger partial charge >= 0.3 is 6.03 Å². The van der Waals surface area contributed by atoms with Gasteiger partial charge in [-0.25, -0.2) is 4.79 Å². The van der Waals surface area contributed by atoms with E-state index in [9.17, 15) is 9.59 Å². The number of rotatable bonds is 8. The quantitative estimate of drug-likeness (QED) is 0.645. The van der Waals surface area contributed by atoms with Crippen molar-refractivity contribution in [1.82, 2.24) is 10.2 Å². The Hall–Kier alpha value is -2.28. The van der Waals surface area contributed by atoms with E-state index < -0.39 is 0 Å². The summed E-state index contributed by atoms with van der Waals surface area (Å²) in [5.41, 5.74) is 2.42. The summed E-state index contributed by atoms with van der Waals surface area (Å²) >= 11 is 0. The summed E-state index contributed by atoms with van der Waals surface area (Å²) in [6, 6.07) is 5.77. The van der Waals surface area contributed by atoms with E-state index in [-0.39, 0.29) is 23.6 Å². The number of nitrogens with zero attached hydrogens (tertiary/aromatic N) is 2. The van der Waals surface area contributed by atoms with E-state index in [1.54, 1.807) is 0 Å². The number of urea groups is 1. The van der Waals surface area contributed by atoms with Crippen LogP contribution in [0.2, 0.25) is 0 Å². The molecular formula is C24H40N4O3. The van der Waals surface area contributed by atoms with E-state index in [4.69, 9.17) is 4.74 Å². The fraction of sp³-hybridized carbons (Fsp3) is 0.667. The highest BCUT2D eigenvalue weighted by Crippen LogP contribution is 2.26. The molecule has 2 rings (SSSR count). The van der Waals surface area contributed by atoms with Crippen molar-refractivity contribution in [3.63, 3.8) is 0 Å². The van der Waals surface area contributed by atoms with Crippen LogP contribution in [0.15, 0.2) is 18.2 Å². The summed E-state index contributed by atoms with van der Waals surface area (Å²) in [5.74, 6) is 0.295. The molecule has 7 nitrogen and oxygen atoms in total. The van der Waals surface area contributed by atoms with Gasteiger partial charge in [-0.1, -0.05) is 13.8 Å². The second-order valence-electron chi connectivity index (χ2n) is 10.1. The standard InChI is InChI=1S/C24H40N4O3/c1-17(2)13-22(29)25-19-10-11-21(27(6)7)18(14-19)15-28(16-20-9-8-12-31-20)23(30)26-24(3,4)5/h10-11,14,17,20H,8-9,12-13,15-16H2,1-7H3,(H,25,29)(H,26,30)/t20-/m0/s1. The van der Waals surface area contributed by atoms with E-state index in [1.165, 1.54) is 0 Å². The molecule has 0 saturated carbocycles. The molecular weight excluding hydrogens is 392 g/mol. The predicted molar refractivity (Wildman–Crippen MR) is 127 cm³/mol. The summed E-state index contributed by atoms with van der Waals surface area (Å²) < 4.78 is 5.80. The molecule has 1 aromatic carbocycles. The molecule has 1 aromatic rings. The highest BCUT2D eigenvalue weighted by atomic mass is 16.5. The number of benzene rings is 1. The molecule has 1 fully saturated rings. The fourth-order valence-electron chi connectivity index (χ4n) is 3.67. The molecule has 1 atom stereocenters. The Morgan fingerprint density at radius 3 is 2.48 bits per heavy atom. The number of hydrogen-bond donors (Lipinski definition) is 2. The number of carbonyl (C=O) groups is 2. The van der Waals surface area contributed by atoms with E-state index in [1.807, 2.05) is 76.7 Å². The van der Waals surface area contributed by atoms with Crippen LogP contribution in [0.5, 0.6) is 0 Å². The third-order valence-electron chi connectivity index (χ3n) is 5.02. The Labute approximate surface area is 187 Å². The number of nitrogens with one attached hydrogen (secondary N) is 2. The van der Waals surface area contributed by atoms with Gasteiger partial charge in [-0.2, -0.15) is 0 Å². The average molecular weight is 433 g/mol. The normalized spacial score (nSPS) is 16.3. The monoisotopic (exact) mass is 432 g/mol. The molecule has 0 bridgehead atoms. The van der Waals surface area contributed by atoms with Gasteiger partial charge in [0.25, 0.3) is 0 Å². The Morgan fingerprint density at radius 1 is 1.23 bits per heavy atom. The van der Waals surface area contributed by atoms with E-state index in [0.717, 1.165) is 36.4 Å². The zero-order valence-electron chi connectivity index (χ0n) is 20.2. The number of carbonyl (C=O) groups excluding carboxylic acids is 2. The number of ether oxygens (including phenoxy) is 1. The first-order chi connectivity index (χ1) is 14.4. The predicted octanol–water partition coefficient (Wildman–Crippen LogP) is 4.23. The number of amides is 3. The molecule has 0 aromatic heterocycles. The third kappa shape index (κ3) is 8.40. The van der Waals surface area contributed by atoms with Crippen molar-refractivity contribution >= 4 is 23.3 Å². The van der Waals surface area contributed by atoms with Crippen LogP contribution in [-0.2, 0) is 16.1 Å². The molecule has 0 unspecified atom stereocenters. The van der Waals surface area contributed by atoms with Gasteiger partial charge in [0.2, 0.25) is 5.91 Å². The van der Waals surface area contributed by atoms with Gasteiger partial charge in [0.1, 0.15) is 0 Å². The van der Waals surface area contributed by atoms with Crippen molar-refractivity contribution in [3.8, 4) is 0 Å². The topological polar surface area (TPSA) is 73.9 Å². The molecule has 0 radical (unpaired) electrons. The summed E-state index contributed by atoms with van der Waals surface area (Å²) in [5, 5.41) is 6.07. The lowest BCUT2D eigenvalue weighted by Gasteiger charge is -2.31. The van der Waals surface area contributed by atoms with Crippen LogP contribution in [-0.4, -0.2) is 55.7 Å². The van der Waals surface area contributed by atoms with Gasteiger partial charge in [-0.05, 0) is 63.3 Å². The SMILES string of the molecule is CC(C)CC(=O)Nc1ccc(N(C)C)c(CN(C[C@@H]2CCCO2)C(=O)NC(C)(C)C)c1. The van der Waals surface area contributed by atoms with Crippen LogP contribution >= 0.6 is 0 Å². The Bertz CT molecular complexity index is 750. The van der Waals surface area contributed by atoms with E-state index in [0.29, 0.717) is 25.4 Å². The van der Waals surface area contributed by atoms with Gasteiger partial charge in [-0.3, -0.25) is 4.79 Å². The van der Waals surface area contributed by atoms with Crippen LogP contribution in [0.3, 0.4) is 0 Å². The fourth-order valence-corrected chi connectivity index (χ4v) is 3.67. The maximum Gasteiger partial charge on any atom is 0.318 e. The van der Waals surface area contributed by atoms with Gasteiger partial charge in [-0.15, -0.1) is 0 Å². The molecule has 174 valence electrons. The molecule has 2 N–H and O–H groups in total. The summed E-state index contributed by atoms with van der Waals surface area (Å²) in [6.07, 6.45) is 2.52. The summed E-state index contributed by atoms with van der Waals surface area (Å²) in [7, 11) is 3.96. The van der Waals surface area contributed by atoms with Crippen molar-refractivity contribution in [2.45, 2.75) is 72.1 Å². The Kier molecular flexibility index (Phi) is 8.74. The van der Waals surface area contributed by atoms with E-state index >= 15 is 0 Å². The van der Waals surface area contributed by atoms with Gasteiger partial charge in [0, 0.05) is 57.1 Å². The average Bonchev–Trinajstić information content (AvgIpc) is 3.12. The van der Waals surface area contributed by atoms with Crippen molar-refractivity contribution in [1.29, 1.82) is 0 Å². The minimum atomic E-state index is -0.330. The minimum Gasteiger partial charge on any atom is -0.377 e. The highest BCUT2D eigenvalue weighted by Gasteiger charge is 2.26. The van der Waals surface area contributed by atoms with Crippen LogP contribution in [0.4, 0.5) is 16.2 Å². The van der Waals surface area contributed by atoms with Crippen molar-refractivity contribution in [2.24, 2.45) is 5.92 Å². The maximum atomic E-state index is 13.1. The van der Waals surface area contributed by atoms with E-state index in [2.05, 4.69) is 10.6 Å². The zero-order valence-corrected chi connectivity index (χ0v) is 20.2. The third-order valence-corrected chi connectivity index (χ3v) is 5.02. The lowest BCUT2D eigenvalue weighted by molar-refractivity contribution is -0.116. The maximum absolute atomic E-state index is 13.1. The zero-order chi connectivity index (χ0) is 23.2. The molecule has 1 saturated heterocycles. The molecule has 1 aliphatic rings. The van der Waals surface area contributed by atoms with Crippen LogP contribution < -0.4 is 15.5 Å². The van der Waals surface area contributed by atoms with Gasteiger partial charge < -0.3 is 25.2 Å². The smallest absolute Gasteiger partial charge is 0.318 e. The lowest BCUT2D eigenvalue weighted by atomic mass is 10.1. The second-order valence-corrected chi connectivity index (χ2v) is 10.1. The molecule has 3 amide bonds. The Balaban J connectivity index is 2.27. The molecule has 1 aliphatic heterocycles. The summed E-state index contributed by atoms with van der Waals surface area (Å²) in [4.78, 5) is 29.2. The number of hydrogen-bond acceptors (Lipinski definition) is 4. The number of anilines is 2. The molecule has 7 heteroatoms. The first-order valence-corrected chi connectivity index (χ1v) is 11.2. The second kappa shape index (κ2) is 10.8. The van der Waals surface area contributed by atoms with Gasteiger partial charge in [0.15, 0.2) is 0 Å². The Morgan fingerprint density at radius 2 is 1.94 bits per heavy atom. The summed E-state index contributed by atoms with van der Waals surface area (Å²) in [6.45, 7) is 11.7. The minimum absolute atomic E-state index is 0.000223. The first-order valence-electron chi connectivity index (χ1n) is 11.2. The van der Waals surface area contributed by atoms with Crippen LogP contribution in [0, 0.1) is 5.92 Å². The van der Waals surface area contributed by atoms with Crippen molar-refractivity contribution in [3.05, 3.63) is 23.8 Å². The van der Waals surface area contributed by atoms with Crippen molar-refractivity contribution in [2.75, 3.05) is 37.5 Å². The van der Waals surface area contributed by atoms with Crippen molar-refractivity contribution < 1.29 is 14.3 Å². The molecule has 0 aliphatic carbocycles. The molecule has 31 heavy (non-hydrogen) atoms. The van der Waals surface area contributed by atoms with Gasteiger partial charge in [0.05, 0.1) is 6.10 Å². The lowest BCUT2D eigenvalue weighted by Crippen LogP contribution is -2.50. The van der Waals surface area contributed by atoms with Crippen LogP contribution in [0.1, 0.15) is 59.4 Å². The van der Waals surface area contributed by atoms with Crippen LogP contribution in [0.25, 0.3) is 0 Å².